The molecule has 0 spiro atoms. The van der Waals surface area contributed by atoms with Crippen molar-refractivity contribution in [1.29, 1.82) is 0 Å². The van der Waals surface area contributed by atoms with E-state index in [-0.39, 0.29) is 22.7 Å². The molecule has 0 saturated carbocycles. The van der Waals surface area contributed by atoms with Gasteiger partial charge in [0.1, 0.15) is 22.7 Å². The van der Waals surface area contributed by atoms with E-state index in [9.17, 15) is 19.1 Å². The Kier molecular flexibility index (Phi) is 6.25. The Bertz CT molecular complexity index is 1810. The molecule has 0 atom stereocenters. The molecular weight excluding hydrogens is 555 g/mol. The number of halogens is 2. The van der Waals surface area contributed by atoms with Gasteiger partial charge in [0, 0.05) is 59.6 Å². The highest BCUT2D eigenvalue weighted by Crippen LogP contribution is 2.34. The van der Waals surface area contributed by atoms with Crippen LogP contribution in [0.15, 0.2) is 89.6 Å². The van der Waals surface area contributed by atoms with Crippen LogP contribution >= 0.6 is 15.9 Å². The van der Waals surface area contributed by atoms with Crippen molar-refractivity contribution in [3.63, 3.8) is 0 Å². The summed E-state index contributed by atoms with van der Waals surface area (Å²) in [6.45, 7) is 2.78. The zero-order valence-electron chi connectivity index (χ0n) is 20.1. The topological polar surface area (TPSA) is 87.1 Å². The van der Waals surface area contributed by atoms with Crippen LogP contribution in [0, 0.1) is 5.82 Å². The van der Waals surface area contributed by atoms with Crippen LogP contribution < -0.4 is 16.2 Å². The molecule has 6 rings (SSSR count). The lowest BCUT2D eigenvalue weighted by Crippen LogP contribution is -2.46. The molecule has 1 N–H and O–H groups in total. The predicted octanol–water partition coefficient (Wildman–Crippen LogP) is 5.50. The Morgan fingerprint density at radius 1 is 0.895 bits per heavy atom. The third-order valence-electron chi connectivity index (χ3n) is 6.92. The van der Waals surface area contributed by atoms with E-state index in [1.807, 2.05) is 17.0 Å². The van der Waals surface area contributed by atoms with Crippen LogP contribution in [0.1, 0.15) is 5.56 Å². The minimum atomic E-state index is -0.641. The molecule has 0 amide bonds. The highest BCUT2D eigenvalue weighted by Gasteiger charge is 2.23. The summed E-state index contributed by atoms with van der Waals surface area (Å²) in [6.07, 6.45) is 0. The van der Waals surface area contributed by atoms with Crippen LogP contribution in [0.2, 0.25) is 0 Å². The first kappa shape index (κ1) is 24.4. The van der Waals surface area contributed by atoms with Gasteiger partial charge in [-0.05, 0) is 48.5 Å². The number of fused-ring (bicyclic) bond motifs is 2. The number of phenolic OH excluding ortho intramolecular Hbond substituents is 1. The molecule has 0 unspecified atom stereocenters. The van der Waals surface area contributed by atoms with Gasteiger partial charge in [-0.1, -0.05) is 28.1 Å². The highest BCUT2D eigenvalue weighted by atomic mass is 79.9. The van der Waals surface area contributed by atoms with Crippen molar-refractivity contribution in [3.8, 4) is 16.9 Å². The maximum atomic E-state index is 14.2. The summed E-state index contributed by atoms with van der Waals surface area (Å²) in [5.74, 6) is -0.267. The van der Waals surface area contributed by atoms with E-state index in [2.05, 4.69) is 20.8 Å². The van der Waals surface area contributed by atoms with Crippen molar-refractivity contribution in [2.45, 2.75) is 6.54 Å². The molecule has 5 aromatic rings. The summed E-state index contributed by atoms with van der Waals surface area (Å²) in [5, 5.41) is 12.0. The van der Waals surface area contributed by atoms with Crippen LogP contribution in [-0.4, -0.2) is 36.2 Å². The first-order chi connectivity index (χ1) is 18.4. The van der Waals surface area contributed by atoms with Crippen molar-refractivity contribution in [2.24, 2.45) is 0 Å². The van der Waals surface area contributed by atoms with Gasteiger partial charge in [-0.15, -0.1) is 0 Å². The molecule has 1 saturated heterocycles. The fourth-order valence-corrected chi connectivity index (χ4v) is 5.39. The second kappa shape index (κ2) is 9.74. The number of hydrogen-bond acceptors (Lipinski definition) is 7. The Labute approximate surface area is 224 Å². The van der Waals surface area contributed by atoms with Gasteiger partial charge in [0.25, 0.3) is 0 Å². The molecule has 1 aliphatic rings. The minimum Gasteiger partial charge on any atom is -0.507 e. The Morgan fingerprint density at radius 3 is 2.47 bits per heavy atom. The monoisotopic (exact) mass is 576 g/mol. The zero-order valence-corrected chi connectivity index (χ0v) is 21.7. The Morgan fingerprint density at radius 2 is 1.68 bits per heavy atom. The van der Waals surface area contributed by atoms with E-state index >= 15 is 0 Å². The molecule has 3 aromatic carbocycles. The molecule has 1 fully saturated rings. The number of hydrogen-bond donors (Lipinski definition) is 1. The van der Waals surface area contributed by atoms with Gasteiger partial charge in [-0.2, -0.15) is 0 Å². The summed E-state index contributed by atoms with van der Waals surface area (Å²) >= 11 is 3.43. The van der Waals surface area contributed by atoms with Crippen LogP contribution in [0.3, 0.4) is 0 Å². The number of aromatic hydroxyl groups is 1. The lowest BCUT2D eigenvalue weighted by atomic mass is 9.99. The molecule has 1 aliphatic heterocycles. The average molecular weight is 577 g/mol. The number of rotatable bonds is 4. The second-order valence-electron chi connectivity index (χ2n) is 9.26. The van der Waals surface area contributed by atoms with Crippen LogP contribution in [-0.2, 0) is 6.54 Å². The van der Waals surface area contributed by atoms with Crippen molar-refractivity contribution in [2.75, 3.05) is 31.1 Å². The first-order valence-electron chi connectivity index (χ1n) is 12.1. The van der Waals surface area contributed by atoms with Crippen molar-refractivity contribution >= 4 is 43.6 Å². The molecule has 7 nitrogen and oxygen atoms in total. The maximum Gasteiger partial charge on any atom is 0.344 e. The molecule has 3 heterocycles. The van der Waals surface area contributed by atoms with Crippen molar-refractivity contribution in [1.82, 2.24) is 4.90 Å². The maximum absolute atomic E-state index is 14.2. The summed E-state index contributed by atoms with van der Waals surface area (Å²) < 4.78 is 26.2. The third-order valence-corrected chi connectivity index (χ3v) is 7.42. The fourth-order valence-electron chi connectivity index (χ4n) is 5.01. The standard InChI is InChI=1S/C29H22BrFN2O5/c30-18-5-8-26-17(13-18)14-21(29(36)37-26)20-15-27(35)38-28-19(20)6-7-25(34)22(28)16-32-9-11-33(12-10-32)24-4-2-1-3-23(24)31/h1-8,13-15,34H,9-12,16H2. The van der Waals surface area contributed by atoms with E-state index < -0.39 is 11.3 Å². The molecular formula is C29H22BrFN2O5. The molecule has 192 valence electrons. The minimum absolute atomic E-state index is 0.0104. The van der Waals surface area contributed by atoms with Gasteiger partial charge in [0.15, 0.2) is 0 Å². The van der Waals surface area contributed by atoms with Crippen molar-refractivity contribution in [3.05, 3.63) is 103 Å². The predicted molar refractivity (Wildman–Crippen MR) is 147 cm³/mol. The van der Waals surface area contributed by atoms with Gasteiger partial charge in [0.2, 0.25) is 0 Å². The number of piperazine rings is 1. The summed E-state index contributed by atoms with van der Waals surface area (Å²) in [4.78, 5) is 29.7. The summed E-state index contributed by atoms with van der Waals surface area (Å²) in [5.41, 5.74) is 1.05. The fraction of sp³-hybridized carbons (Fsp3) is 0.172. The molecule has 9 heteroatoms. The summed E-state index contributed by atoms with van der Waals surface area (Å²) in [7, 11) is 0. The second-order valence-corrected chi connectivity index (χ2v) is 10.2. The average Bonchev–Trinajstić information content (AvgIpc) is 2.90. The number of nitrogens with zero attached hydrogens (tertiary/aromatic N) is 2. The third kappa shape index (κ3) is 4.48. The van der Waals surface area contributed by atoms with Gasteiger partial charge in [0.05, 0.1) is 16.8 Å². The van der Waals surface area contributed by atoms with Crippen molar-refractivity contribution < 1.29 is 18.3 Å². The first-order valence-corrected chi connectivity index (χ1v) is 12.9. The molecule has 38 heavy (non-hydrogen) atoms. The van der Waals surface area contributed by atoms with Crippen LogP contribution in [0.4, 0.5) is 10.1 Å². The quantitative estimate of drug-likeness (QED) is 0.283. The number of anilines is 1. The molecule has 0 bridgehead atoms. The SMILES string of the molecule is O=c1cc(-c2cc3cc(Br)ccc3oc2=O)c2ccc(O)c(CN3CCN(c4ccccc4F)CC3)c2o1. The molecule has 2 aromatic heterocycles. The van der Waals surface area contributed by atoms with E-state index in [0.717, 1.165) is 4.47 Å². The van der Waals surface area contributed by atoms with Gasteiger partial charge >= 0.3 is 11.3 Å². The van der Waals surface area contributed by atoms with Gasteiger partial charge in [-0.25, -0.2) is 14.0 Å². The lowest BCUT2D eigenvalue weighted by molar-refractivity contribution is 0.246. The van der Waals surface area contributed by atoms with Crippen LogP contribution in [0.25, 0.3) is 33.1 Å². The normalized spacial score (nSPS) is 14.4. The van der Waals surface area contributed by atoms with Crippen LogP contribution in [0.5, 0.6) is 5.75 Å². The number of para-hydroxylation sites is 1. The van der Waals surface area contributed by atoms with E-state index in [1.165, 1.54) is 18.2 Å². The summed E-state index contributed by atoms with van der Waals surface area (Å²) in [6, 6.07) is 18.1. The molecule has 0 aliphatic carbocycles. The number of phenols is 1. The largest absolute Gasteiger partial charge is 0.507 e. The Hall–Kier alpha value is -3.95. The van der Waals surface area contributed by atoms with Gasteiger partial charge < -0.3 is 18.8 Å². The van der Waals surface area contributed by atoms with E-state index in [1.54, 1.807) is 36.4 Å². The smallest absolute Gasteiger partial charge is 0.344 e. The lowest BCUT2D eigenvalue weighted by Gasteiger charge is -2.36. The van der Waals surface area contributed by atoms with E-state index in [4.69, 9.17) is 8.83 Å². The number of benzene rings is 3. The highest BCUT2D eigenvalue weighted by molar-refractivity contribution is 9.10. The van der Waals surface area contributed by atoms with Gasteiger partial charge in [-0.3, -0.25) is 4.90 Å². The zero-order chi connectivity index (χ0) is 26.4. The van der Waals surface area contributed by atoms with E-state index in [0.29, 0.717) is 65.9 Å². The molecule has 0 radical (unpaired) electrons. The Balaban J connectivity index is 1.36.